The molecule has 1 aromatic heterocycles. The smallest absolute Gasteiger partial charge is 0.311 e. The molecular weight excluding hydrogens is 144 g/mol. The van der Waals surface area contributed by atoms with E-state index in [1.165, 1.54) is 6.20 Å². The molecule has 0 radical (unpaired) electrons. The Balaban J connectivity index is 2.84. The van der Waals surface area contributed by atoms with Crippen LogP contribution in [0.4, 0.5) is 0 Å². The second-order valence-corrected chi connectivity index (χ2v) is 2.00. The summed E-state index contributed by atoms with van der Waals surface area (Å²) in [6, 6.07) is 0. The highest BCUT2D eigenvalue weighted by Crippen LogP contribution is 1.97. The molecule has 4 heteroatoms. The summed E-state index contributed by atoms with van der Waals surface area (Å²) < 4.78 is 1.58. The summed E-state index contributed by atoms with van der Waals surface area (Å²) in [4.78, 5) is 14.1. The van der Waals surface area contributed by atoms with Crippen LogP contribution in [0.5, 0.6) is 0 Å². The average molecular weight is 152 g/mol. The molecule has 0 aliphatic rings. The first kappa shape index (κ1) is 7.53. The van der Waals surface area contributed by atoms with Crippen molar-refractivity contribution in [2.24, 2.45) is 0 Å². The molecule has 0 amide bonds. The van der Waals surface area contributed by atoms with E-state index in [-0.39, 0.29) is 6.42 Å². The molecule has 0 unspecified atom stereocenters. The van der Waals surface area contributed by atoms with Crippen LogP contribution in [0.3, 0.4) is 0 Å². The fourth-order valence-corrected chi connectivity index (χ4v) is 0.782. The molecule has 58 valence electrons. The molecule has 1 N–H and O–H groups in total. The summed E-state index contributed by atoms with van der Waals surface area (Å²) >= 11 is 0. The van der Waals surface area contributed by atoms with Gasteiger partial charge in [0.25, 0.3) is 0 Å². The van der Waals surface area contributed by atoms with Gasteiger partial charge in [-0.1, -0.05) is 6.58 Å². The van der Waals surface area contributed by atoms with Crippen molar-refractivity contribution in [1.82, 2.24) is 9.55 Å². The zero-order valence-electron chi connectivity index (χ0n) is 5.90. The summed E-state index contributed by atoms with van der Waals surface area (Å²) in [7, 11) is 0. The maximum absolute atomic E-state index is 10.2. The van der Waals surface area contributed by atoms with Crippen LogP contribution in [0.15, 0.2) is 19.0 Å². The fourth-order valence-electron chi connectivity index (χ4n) is 0.782. The van der Waals surface area contributed by atoms with Crippen LogP contribution < -0.4 is 0 Å². The second-order valence-electron chi connectivity index (χ2n) is 2.00. The predicted octanol–water partition coefficient (Wildman–Crippen LogP) is 0.611. The van der Waals surface area contributed by atoms with Crippen molar-refractivity contribution < 1.29 is 9.90 Å². The van der Waals surface area contributed by atoms with E-state index in [9.17, 15) is 4.79 Å². The number of carboxylic acid groups (broad SMARTS) is 1. The number of rotatable bonds is 3. The number of aliphatic carboxylic acids is 1. The van der Waals surface area contributed by atoms with Gasteiger partial charge in [-0.05, 0) is 0 Å². The van der Waals surface area contributed by atoms with Gasteiger partial charge in [0.2, 0.25) is 0 Å². The van der Waals surface area contributed by atoms with Gasteiger partial charge in [-0.15, -0.1) is 0 Å². The second kappa shape index (κ2) is 3.01. The van der Waals surface area contributed by atoms with Gasteiger partial charge < -0.3 is 9.67 Å². The lowest BCUT2D eigenvalue weighted by Crippen LogP contribution is -2.05. The van der Waals surface area contributed by atoms with Gasteiger partial charge >= 0.3 is 5.97 Å². The number of imidazole rings is 1. The summed E-state index contributed by atoms with van der Waals surface area (Å²) in [5.41, 5.74) is 0. The van der Waals surface area contributed by atoms with E-state index in [4.69, 9.17) is 5.11 Å². The van der Waals surface area contributed by atoms with Crippen LogP contribution in [-0.4, -0.2) is 20.6 Å². The fraction of sp³-hybridized carbons (Fsp3) is 0.143. The van der Waals surface area contributed by atoms with E-state index in [0.29, 0.717) is 5.82 Å². The van der Waals surface area contributed by atoms with Gasteiger partial charge in [0.15, 0.2) is 0 Å². The minimum Gasteiger partial charge on any atom is -0.481 e. The Bertz CT molecular complexity index is 278. The third kappa shape index (κ3) is 1.67. The number of aromatic nitrogens is 2. The Morgan fingerprint density at radius 1 is 1.91 bits per heavy atom. The van der Waals surface area contributed by atoms with Crippen LogP contribution in [-0.2, 0) is 11.2 Å². The molecule has 0 bridgehead atoms. The lowest BCUT2D eigenvalue weighted by atomic mass is 10.4. The molecule has 11 heavy (non-hydrogen) atoms. The molecule has 0 aliphatic carbocycles. The van der Waals surface area contributed by atoms with Crippen molar-refractivity contribution in [2.45, 2.75) is 6.42 Å². The first-order valence-corrected chi connectivity index (χ1v) is 3.10. The Hall–Kier alpha value is -1.58. The quantitative estimate of drug-likeness (QED) is 0.690. The highest BCUT2D eigenvalue weighted by atomic mass is 16.4. The van der Waals surface area contributed by atoms with Gasteiger partial charge in [-0.3, -0.25) is 4.79 Å². The average Bonchev–Trinajstić information content (AvgIpc) is 2.34. The minimum absolute atomic E-state index is 0.0704. The summed E-state index contributed by atoms with van der Waals surface area (Å²) in [5.74, 6) is -0.396. The molecule has 0 spiro atoms. The number of carboxylic acids is 1. The lowest BCUT2D eigenvalue weighted by Gasteiger charge is -1.96. The molecule has 0 fully saturated rings. The molecule has 1 aromatic rings. The van der Waals surface area contributed by atoms with Crippen LogP contribution in [0.1, 0.15) is 5.82 Å². The Morgan fingerprint density at radius 3 is 3.18 bits per heavy atom. The molecule has 0 saturated carbocycles. The SMILES string of the molecule is C=Cn1ccnc1CC(=O)O. The van der Waals surface area contributed by atoms with Gasteiger partial charge in [0.1, 0.15) is 12.2 Å². The molecule has 0 aliphatic heterocycles. The molecular formula is C7H8N2O2. The van der Waals surface area contributed by atoms with Crippen molar-refractivity contribution in [2.75, 3.05) is 0 Å². The standard InChI is InChI=1S/C7H8N2O2/c1-2-9-4-3-8-6(9)5-7(10)11/h2-4H,1,5H2,(H,10,11). The summed E-state index contributed by atoms with van der Waals surface area (Å²) in [5, 5.41) is 8.42. The zero-order valence-corrected chi connectivity index (χ0v) is 5.90. The molecule has 1 heterocycles. The zero-order chi connectivity index (χ0) is 8.27. The van der Waals surface area contributed by atoms with Crippen LogP contribution in [0.25, 0.3) is 6.20 Å². The number of nitrogens with zero attached hydrogens (tertiary/aromatic N) is 2. The van der Waals surface area contributed by atoms with Gasteiger partial charge in [-0.25, -0.2) is 4.98 Å². The van der Waals surface area contributed by atoms with Crippen molar-refractivity contribution in [1.29, 1.82) is 0 Å². The van der Waals surface area contributed by atoms with Crippen molar-refractivity contribution >= 4 is 12.2 Å². The molecule has 0 aromatic carbocycles. The highest BCUT2D eigenvalue weighted by Gasteiger charge is 2.04. The van der Waals surface area contributed by atoms with Gasteiger partial charge in [0.05, 0.1) is 0 Å². The third-order valence-corrected chi connectivity index (χ3v) is 1.25. The Kier molecular flexibility index (Phi) is 2.06. The van der Waals surface area contributed by atoms with Crippen LogP contribution in [0, 0.1) is 0 Å². The lowest BCUT2D eigenvalue weighted by molar-refractivity contribution is -0.136. The predicted molar refractivity (Wildman–Crippen MR) is 40.0 cm³/mol. The number of carbonyl (C=O) groups is 1. The third-order valence-electron chi connectivity index (χ3n) is 1.25. The molecule has 0 atom stereocenters. The van der Waals surface area contributed by atoms with Crippen LogP contribution >= 0.6 is 0 Å². The van der Waals surface area contributed by atoms with E-state index in [1.54, 1.807) is 17.0 Å². The van der Waals surface area contributed by atoms with E-state index >= 15 is 0 Å². The van der Waals surface area contributed by atoms with Gasteiger partial charge in [0, 0.05) is 18.6 Å². The molecule has 0 saturated heterocycles. The van der Waals surface area contributed by atoms with E-state index in [2.05, 4.69) is 11.6 Å². The maximum atomic E-state index is 10.2. The normalized spacial score (nSPS) is 9.45. The minimum atomic E-state index is -0.890. The number of hydrogen-bond acceptors (Lipinski definition) is 2. The number of hydrogen-bond donors (Lipinski definition) is 1. The molecule has 1 rings (SSSR count). The molecule has 4 nitrogen and oxygen atoms in total. The highest BCUT2D eigenvalue weighted by molar-refractivity contribution is 5.69. The Morgan fingerprint density at radius 2 is 2.64 bits per heavy atom. The first-order chi connectivity index (χ1) is 5.24. The summed E-state index contributed by atoms with van der Waals surface area (Å²) in [6.07, 6.45) is 4.65. The maximum Gasteiger partial charge on any atom is 0.311 e. The van der Waals surface area contributed by atoms with E-state index in [1.807, 2.05) is 0 Å². The van der Waals surface area contributed by atoms with E-state index in [0.717, 1.165) is 0 Å². The summed E-state index contributed by atoms with van der Waals surface area (Å²) in [6.45, 7) is 3.50. The van der Waals surface area contributed by atoms with Crippen molar-refractivity contribution in [3.63, 3.8) is 0 Å². The monoisotopic (exact) mass is 152 g/mol. The van der Waals surface area contributed by atoms with E-state index < -0.39 is 5.97 Å². The topological polar surface area (TPSA) is 55.1 Å². The van der Waals surface area contributed by atoms with Gasteiger partial charge in [-0.2, -0.15) is 0 Å². The largest absolute Gasteiger partial charge is 0.481 e. The Labute approximate surface area is 63.8 Å². The van der Waals surface area contributed by atoms with Crippen LogP contribution in [0.2, 0.25) is 0 Å². The first-order valence-electron chi connectivity index (χ1n) is 3.10. The van der Waals surface area contributed by atoms with Crippen molar-refractivity contribution in [3.8, 4) is 0 Å². The van der Waals surface area contributed by atoms with Crippen molar-refractivity contribution in [3.05, 3.63) is 24.8 Å².